The molecule has 1 fully saturated rings. The van der Waals surface area contributed by atoms with Gasteiger partial charge in [-0.2, -0.15) is 0 Å². The molecule has 0 amide bonds. The van der Waals surface area contributed by atoms with Crippen molar-refractivity contribution >= 4 is 11.6 Å². The van der Waals surface area contributed by atoms with E-state index < -0.39 is 0 Å². The number of fused-ring (bicyclic) bond motifs is 1. The van der Waals surface area contributed by atoms with Crippen LogP contribution in [0.2, 0.25) is 5.02 Å². The Bertz CT molecular complexity index is 483. The number of hydrogen-bond donors (Lipinski definition) is 1. The molecule has 4 heteroatoms. The molecule has 1 aromatic carbocycles. The van der Waals surface area contributed by atoms with Crippen LogP contribution >= 0.6 is 11.6 Å². The second kappa shape index (κ2) is 4.88. The van der Waals surface area contributed by atoms with Gasteiger partial charge in [0.2, 0.25) is 0 Å². The van der Waals surface area contributed by atoms with Gasteiger partial charge in [-0.3, -0.25) is 0 Å². The van der Waals surface area contributed by atoms with E-state index in [1.807, 2.05) is 12.1 Å². The lowest BCUT2D eigenvalue weighted by molar-refractivity contribution is 0.171. The van der Waals surface area contributed by atoms with Gasteiger partial charge in [0, 0.05) is 12.1 Å². The third-order valence-electron chi connectivity index (χ3n) is 4.00. The fraction of sp³-hybridized carbons (Fsp3) is 0.600. The molecule has 1 N–H and O–H groups in total. The average Bonchev–Trinajstić information content (AvgIpc) is 3.21. The Labute approximate surface area is 119 Å². The fourth-order valence-electron chi connectivity index (χ4n) is 2.55. The van der Waals surface area contributed by atoms with Crippen molar-refractivity contribution in [2.75, 3.05) is 13.2 Å². The third-order valence-corrected chi connectivity index (χ3v) is 4.28. The van der Waals surface area contributed by atoms with Crippen molar-refractivity contribution in [3.05, 3.63) is 22.7 Å². The van der Waals surface area contributed by atoms with Gasteiger partial charge < -0.3 is 14.8 Å². The van der Waals surface area contributed by atoms with Crippen molar-refractivity contribution < 1.29 is 9.47 Å². The van der Waals surface area contributed by atoms with Gasteiger partial charge in [0.25, 0.3) is 0 Å². The predicted molar refractivity (Wildman–Crippen MR) is 76.1 cm³/mol. The van der Waals surface area contributed by atoms with Gasteiger partial charge in [-0.05, 0) is 50.3 Å². The summed E-state index contributed by atoms with van der Waals surface area (Å²) in [4.78, 5) is 0. The molecule has 0 aromatic heterocycles. The number of ether oxygens (including phenoxy) is 2. The normalized spacial score (nSPS) is 18.5. The molecule has 2 aliphatic rings. The quantitative estimate of drug-likeness (QED) is 0.918. The van der Waals surface area contributed by atoms with Crippen LogP contribution in [0.15, 0.2) is 12.1 Å². The second-order valence-electron chi connectivity index (χ2n) is 5.95. The van der Waals surface area contributed by atoms with Crippen LogP contribution < -0.4 is 14.8 Å². The Morgan fingerprint density at radius 2 is 2.00 bits per heavy atom. The molecule has 19 heavy (non-hydrogen) atoms. The van der Waals surface area contributed by atoms with E-state index in [-0.39, 0.29) is 5.54 Å². The summed E-state index contributed by atoms with van der Waals surface area (Å²) in [6.45, 7) is 6.50. The third kappa shape index (κ3) is 2.82. The van der Waals surface area contributed by atoms with Crippen LogP contribution in [0.4, 0.5) is 0 Å². The van der Waals surface area contributed by atoms with E-state index in [4.69, 9.17) is 21.1 Å². The van der Waals surface area contributed by atoms with E-state index >= 15 is 0 Å². The summed E-state index contributed by atoms with van der Waals surface area (Å²) in [6.07, 6.45) is 2.67. The van der Waals surface area contributed by atoms with Gasteiger partial charge in [-0.25, -0.2) is 0 Å². The van der Waals surface area contributed by atoms with Crippen LogP contribution in [0.1, 0.15) is 32.3 Å². The second-order valence-corrected chi connectivity index (χ2v) is 6.36. The minimum absolute atomic E-state index is 0.194. The highest BCUT2D eigenvalue weighted by Gasteiger charge is 2.37. The number of halogens is 1. The zero-order chi connectivity index (χ0) is 13.5. The van der Waals surface area contributed by atoms with Gasteiger partial charge in [0.15, 0.2) is 11.5 Å². The molecule has 0 radical (unpaired) electrons. The molecule has 1 aliphatic heterocycles. The van der Waals surface area contributed by atoms with Crippen molar-refractivity contribution in [2.24, 2.45) is 5.92 Å². The van der Waals surface area contributed by atoms with Crippen LogP contribution in [0.3, 0.4) is 0 Å². The summed E-state index contributed by atoms with van der Waals surface area (Å²) in [5, 5.41) is 4.25. The lowest BCUT2D eigenvalue weighted by Crippen LogP contribution is -2.40. The molecule has 0 bridgehead atoms. The van der Waals surface area contributed by atoms with E-state index in [2.05, 4.69) is 19.2 Å². The number of nitrogens with one attached hydrogen (secondary N) is 1. The molecule has 0 unspecified atom stereocenters. The highest BCUT2D eigenvalue weighted by molar-refractivity contribution is 6.32. The maximum Gasteiger partial charge on any atom is 0.179 e. The van der Waals surface area contributed by atoms with Crippen molar-refractivity contribution in [2.45, 2.75) is 38.8 Å². The summed E-state index contributed by atoms with van der Waals surface area (Å²) in [5.41, 5.74) is 1.34. The van der Waals surface area contributed by atoms with Crippen molar-refractivity contribution in [1.82, 2.24) is 5.32 Å². The van der Waals surface area contributed by atoms with Crippen LogP contribution in [0, 0.1) is 5.92 Å². The summed E-state index contributed by atoms with van der Waals surface area (Å²) in [6, 6.07) is 3.99. The fourth-order valence-corrected chi connectivity index (χ4v) is 2.83. The SMILES string of the molecule is CC(C)(NCc1cc(Cl)c2c(c1)OCCO2)C1CC1. The Morgan fingerprint density at radius 1 is 1.26 bits per heavy atom. The molecule has 3 nitrogen and oxygen atoms in total. The standard InChI is InChI=1S/C15H20ClNO2/c1-15(2,11-3-4-11)17-9-10-7-12(16)14-13(8-10)18-5-6-19-14/h7-8,11,17H,3-6,9H2,1-2H3. The smallest absolute Gasteiger partial charge is 0.179 e. The van der Waals surface area contributed by atoms with E-state index in [0.717, 1.165) is 23.8 Å². The van der Waals surface area contributed by atoms with E-state index in [1.54, 1.807) is 0 Å². The average molecular weight is 282 g/mol. The zero-order valence-corrected chi connectivity index (χ0v) is 12.2. The lowest BCUT2D eigenvalue weighted by atomic mass is 9.98. The largest absolute Gasteiger partial charge is 0.486 e. The summed E-state index contributed by atoms with van der Waals surface area (Å²) >= 11 is 6.24. The van der Waals surface area contributed by atoms with Gasteiger partial charge in [0.1, 0.15) is 13.2 Å². The highest BCUT2D eigenvalue weighted by atomic mass is 35.5. The Kier molecular flexibility index (Phi) is 3.35. The van der Waals surface area contributed by atoms with Gasteiger partial charge >= 0.3 is 0 Å². The maximum atomic E-state index is 6.24. The predicted octanol–water partition coefficient (Wildman–Crippen LogP) is 3.39. The number of hydrogen-bond acceptors (Lipinski definition) is 3. The summed E-state index contributed by atoms with van der Waals surface area (Å²) < 4.78 is 11.1. The first kappa shape index (κ1) is 13.1. The zero-order valence-electron chi connectivity index (χ0n) is 11.5. The van der Waals surface area contributed by atoms with Crippen LogP contribution in [-0.4, -0.2) is 18.8 Å². The van der Waals surface area contributed by atoms with Crippen LogP contribution in [0.25, 0.3) is 0 Å². The molecule has 0 spiro atoms. The minimum atomic E-state index is 0.194. The molecule has 0 atom stereocenters. The first-order valence-corrected chi connectivity index (χ1v) is 7.27. The van der Waals surface area contributed by atoms with E-state index in [1.165, 1.54) is 12.8 Å². The Hall–Kier alpha value is -0.930. The molecule has 1 heterocycles. The molecule has 104 valence electrons. The molecule has 1 aliphatic carbocycles. The Morgan fingerprint density at radius 3 is 2.74 bits per heavy atom. The topological polar surface area (TPSA) is 30.5 Å². The van der Waals surface area contributed by atoms with Gasteiger partial charge in [-0.15, -0.1) is 0 Å². The minimum Gasteiger partial charge on any atom is -0.486 e. The van der Waals surface area contributed by atoms with Crippen molar-refractivity contribution in [3.8, 4) is 11.5 Å². The van der Waals surface area contributed by atoms with E-state index in [0.29, 0.717) is 24.0 Å². The summed E-state index contributed by atoms with van der Waals surface area (Å²) in [5.74, 6) is 2.25. The monoisotopic (exact) mass is 281 g/mol. The molecular weight excluding hydrogens is 262 g/mol. The highest BCUT2D eigenvalue weighted by Crippen LogP contribution is 2.40. The summed E-state index contributed by atoms with van der Waals surface area (Å²) in [7, 11) is 0. The lowest BCUT2D eigenvalue weighted by Gasteiger charge is -2.27. The maximum absolute atomic E-state index is 6.24. The van der Waals surface area contributed by atoms with Gasteiger partial charge in [-0.1, -0.05) is 11.6 Å². The van der Waals surface area contributed by atoms with Crippen molar-refractivity contribution in [1.29, 1.82) is 0 Å². The first-order chi connectivity index (χ1) is 9.06. The molecule has 0 saturated heterocycles. The van der Waals surface area contributed by atoms with Gasteiger partial charge in [0.05, 0.1) is 5.02 Å². The molecule has 1 aromatic rings. The van der Waals surface area contributed by atoms with Crippen LogP contribution in [0.5, 0.6) is 11.5 Å². The molecule has 3 rings (SSSR count). The molecule has 1 saturated carbocycles. The number of benzene rings is 1. The molecular formula is C15H20ClNO2. The Balaban J connectivity index is 1.72. The number of rotatable bonds is 4. The van der Waals surface area contributed by atoms with E-state index in [9.17, 15) is 0 Å². The van der Waals surface area contributed by atoms with Crippen molar-refractivity contribution in [3.63, 3.8) is 0 Å². The van der Waals surface area contributed by atoms with Crippen LogP contribution in [-0.2, 0) is 6.54 Å². The first-order valence-electron chi connectivity index (χ1n) is 6.89.